The normalized spacial score (nSPS) is 12.0. The van der Waals surface area contributed by atoms with Crippen LogP contribution in [-0.2, 0) is 4.79 Å². The van der Waals surface area contributed by atoms with Gasteiger partial charge in [-0.1, -0.05) is 44.2 Å². The Kier molecular flexibility index (Phi) is 6.87. The number of hydrogen-bond donors (Lipinski definition) is 1. The molecule has 132 valence electrons. The summed E-state index contributed by atoms with van der Waals surface area (Å²) in [4.78, 5) is 24.1. The van der Waals surface area contributed by atoms with Gasteiger partial charge in [0.1, 0.15) is 5.82 Å². The first-order valence-electron chi connectivity index (χ1n) is 8.57. The molecule has 25 heavy (non-hydrogen) atoms. The fraction of sp³-hybridized carbons (Fsp3) is 0.333. The summed E-state index contributed by atoms with van der Waals surface area (Å²) >= 11 is 0. The maximum absolute atomic E-state index is 12.9. The fourth-order valence-corrected chi connectivity index (χ4v) is 2.76. The molecule has 0 aliphatic heterocycles. The van der Waals surface area contributed by atoms with Crippen molar-refractivity contribution in [2.75, 3.05) is 6.54 Å². The van der Waals surface area contributed by atoms with Gasteiger partial charge in [-0.05, 0) is 35.7 Å². The first-order valence-corrected chi connectivity index (χ1v) is 8.57. The Hall–Kier alpha value is -2.49. The van der Waals surface area contributed by atoms with Crippen LogP contribution in [0.15, 0.2) is 54.6 Å². The third kappa shape index (κ3) is 5.82. The second-order valence-electron chi connectivity index (χ2n) is 6.50. The van der Waals surface area contributed by atoms with Crippen molar-refractivity contribution in [3.8, 4) is 0 Å². The lowest BCUT2D eigenvalue weighted by molar-refractivity contribution is -0.121. The summed E-state index contributed by atoms with van der Waals surface area (Å²) in [5.74, 6) is -0.0490. The molecule has 0 saturated heterocycles. The fourth-order valence-electron chi connectivity index (χ4n) is 2.76. The van der Waals surface area contributed by atoms with Crippen LogP contribution in [0.5, 0.6) is 0 Å². The Balaban J connectivity index is 1.83. The number of rotatable bonds is 8. The van der Waals surface area contributed by atoms with Gasteiger partial charge in [-0.25, -0.2) is 4.39 Å². The summed E-state index contributed by atoms with van der Waals surface area (Å²) in [5.41, 5.74) is 1.62. The number of Topliss-reactive ketones (excluding diaryl/α,β-unsaturated/α-hetero) is 1. The molecule has 4 heteroatoms. The van der Waals surface area contributed by atoms with E-state index in [1.165, 1.54) is 29.8 Å². The molecule has 0 bridgehead atoms. The Bertz CT molecular complexity index is 696. The summed E-state index contributed by atoms with van der Waals surface area (Å²) in [7, 11) is 0. The summed E-state index contributed by atoms with van der Waals surface area (Å²) in [6.45, 7) is 4.80. The van der Waals surface area contributed by atoms with Crippen molar-refractivity contribution < 1.29 is 14.0 Å². The molecular weight excluding hydrogens is 317 g/mol. The predicted octanol–water partition coefficient (Wildman–Crippen LogP) is 4.34. The van der Waals surface area contributed by atoms with Gasteiger partial charge in [-0.2, -0.15) is 0 Å². The standard InChI is InChI=1S/C21H24FNO2/c1-15(2)19(16-6-4-3-5-7-16)14-23-21(25)13-12-20(24)17-8-10-18(22)11-9-17/h3-11,15,19H,12-14H2,1-2H3,(H,23,25). The average Bonchev–Trinajstić information content (AvgIpc) is 2.61. The van der Waals surface area contributed by atoms with Crippen LogP contribution in [0.4, 0.5) is 4.39 Å². The second-order valence-corrected chi connectivity index (χ2v) is 6.50. The Morgan fingerprint density at radius 1 is 0.960 bits per heavy atom. The van der Waals surface area contributed by atoms with Crippen LogP contribution in [-0.4, -0.2) is 18.2 Å². The molecular formula is C21H24FNO2. The third-order valence-corrected chi connectivity index (χ3v) is 4.30. The van der Waals surface area contributed by atoms with E-state index in [-0.39, 0.29) is 36.3 Å². The van der Waals surface area contributed by atoms with E-state index in [0.29, 0.717) is 18.0 Å². The SMILES string of the molecule is CC(C)C(CNC(=O)CCC(=O)c1ccc(F)cc1)c1ccccc1. The van der Waals surface area contributed by atoms with Crippen molar-refractivity contribution in [1.82, 2.24) is 5.32 Å². The molecule has 0 spiro atoms. The summed E-state index contributed by atoms with van der Waals surface area (Å²) < 4.78 is 12.9. The topological polar surface area (TPSA) is 46.2 Å². The van der Waals surface area contributed by atoms with Gasteiger partial charge in [-0.3, -0.25) is 9.59 Å². The molecule has 0 aliphatic carbocycles. The van der Waals surface area contributed by atoms with Crippen molar-refractivity contribution in [1.29, 1.82) is 0 Å². The molecule has 0 aromatic heterocycles. The van der Waals surface area contributed by atoms with E-state index in [4.69, 9.17) is 0 Å². The molecule has 2 rings (SSSR count). The maximum Gasteiger partial charge on any atom is 0.220 e. The van der Waals surface area contributed by atoms with Crippen molar-refractivity contribution >= 4 is 11.7 Å². The first kappa shape index (κ1) is 18.8. The van der Waals surface area contributed by atoms with Crippen molar-refractivity contribution in [2.45, 2.75) is 32.6 Å². The number of ketones is 1. The lowest BCUT2D eigenvalue weighted by Crippen LogP contribution is -2.30. The number of carbonyl (C=O) groups is 2. The van der Waals surface area contributed by atoms with Crippen LogP contribution in [0.2, 0.25) is 0 Å². The van der Waals surface area contributed by atoms with Gasteiger partial charge < -0.3 is 5.32 Å². The van der Waals surface area contributed by atoms with E-state index in [9.17, 15) is 14.0 Å². The minimum Gasteiger partial charge on any atom is -0.355 e. The molecule has 0 aliphatic rings. The summed E-state index contributed by atoms with van der Waals surface area (Å²) in [6, 6.07) is 15.5. The van der Waals surface area contributed by atoms with Crippen molar-refractivity contribution in [3.05, 3.63) is 71.5 Å². The molecule has 1 unspecified atom stereocenters. The van der Waals surface area contributed by atoms with E-state index in [2.05, 4.69) is 31.3 Å². The number of benzene rings is 2. The number of nitrogens with one attached hydrogen (secondary N) is 1. The van der Waals surface area contributed by atoms with Gasteiger partial charge in [-0.15, -0.1) is 0 Å². The highest BCUT2D eigenvalue weighted by atomic mass is 19.1. The molecule has 0 heterocycles. The highest BCUT2D eigenvalue weighted by Crippen LogP contribution is 2.23. The third-order valence-electron chi connectivity index (χ3n) is 4.30. The minimum atomic E-state index is -0.380. The summed E-state index contributed by atoms with van der Waals surface area (Å²) in [5, 5.41) is 2.93. The highest BCUT2D eigenvalue weighted by molar-refractivity contribution is 5.97. The van der Waals surface area contributed by atoms with Crippen LogP contribution in [0, 0.1) is 11.7 Å². The lowest BCUT2D eigenvalue weighted by Gasteiger charge is -2.21. The molecule has 1 N–H and O–H groups in total. The molecule has 2 aromatic rings. The van der Waals surface area contributed by atoms with Gasteiger partial charge >= 0.3 is 0 Å². The number of halogens is 1. The van der Waals surface area contributed by atoms with E-state index < -0.39 is 0 Å². The van der Waals surface area contributed by atoms with Gasteiger partial charge in [0, 0.05) is 30.9 Å². The van der Waals surface area contributed by atoms with Crippen LogP contribution in [0.1, 0.15) is 48.5 Å². The molecule has 1 atom stereocenters. The van der Waals surface area contributed by atoms with Crippen LogP contribution in [0.25, 0.3) is 0 Å². The van der Waals surface area contributed by atoms with E-state index in [1.54, 1.807) is 0 Å². The first-order chi connectivity index (χ1) is 12.0. The molecule has 0 radical (unpaired) electrons. The van der Waals surface area contributed by atoms with Crippen molar-refractivity contribution in [2.24, 2.45) is 5.92 Å². The number of carbonyl (C=O) groups excluding carboxylic acids is 2. The van der Waals surface area contributed by atoms with Crippen LogP contribution in [0.3, 0.4) is 0 Å². The zero-order chi connectivity index (χ0) is 18.2. The monoisotopic (exact) mass is 341 g/mol. The molecule has 3 nitrogen and oxygen atoms in total. The Morgan fingerprint density at radius 2 is 1.60 bits per heavy atom. The highest BCUT2D eigenvalue weighted by Gasteiger charge is 2.17. The average molecular weight is 341 g/mol. The van der Waals surface area contributed by atoms with Crippen LogP contribution >= 0.6 is 0 Å². The zero-order valence-electron chi connectivity index (χ0n) is 14.7. The molecule has 2 aromatic carbocycles. The van der Waals surface area contributed by atoms with Gasteiger partial charge in [0.2, 0.25) is 5.91 Å². The van der Waals surface area contributed by atoms with Gasteiger partial charge in [0.25, 0.3) is 0 Å². The number of amides is 1. The quantitative estimate of drug-likeness (QED) is 0.726. The van der Waals surface area contributed by atoms with Crippen LogP contribution < -0.4 is 5.32 Å². The van der Waals surface area contributed by atoms with E-state index in [0.717, 1.165) is 0 Å². The molecule has 0 fully saturated rings. The molecule has 1 amide bonds. The van der Waals surface area contributed by atoms with Gasteiger partial charge in [0.15, 0.2) is 5.78 Å². The molecule has 0 saturated carbocycles. The largest absolute Gasteiger partial charge is 0.355 e. The zero-order valence-corrected chi connectivity index (χ0v) is 14.7. The summed E-state index contributed by atoms with van der Waals surface area (Å²) in [6.07, 6.45) is 0.255. The number of hydrogen-bond acceptors (Lipinski definition) is 2. The Morgan fingerprint density at radius 3 is 2.20 bits per heavy atom. The van der Waals surface area contributed by atoms with E-state index >= 15 is 0 Å². The van der Waals surface area contributed by atoms with Gasteiger partial charge in [0.05, 0.1) is 0 Å². The van der Waals surface area contributed by atoms with E-state index in [1.807, 2.05) is 18.2 Å². The van der Waals surface area contributed by atoms with Crippen molar-refractivity contribution in [3.63, 3.8) is 0 Å². The smallest absolute Gasteiger partial charge is 0.220 e. The second kappa shape index (κ2) is 9.11. The minimum absolute atomic E-state index is 0.120. The predicted molar refractivity (Wildman–Crippen MR) is 97.0 cm³/mol. The Labute approximate surface area is 148 Å². The maximum atomic E-state index is 12.9. The lowest BCUT2D eigenvalue weighted by atomic mass is 9.88.